The smallest absolute Gasteiger partial charge is 0.226 e. The van der Waals surface area contributed by atoms with E-state index in [2.05, 4.69) is 10.1 Å². The third-order valence-corrected chi connectivity index (χ3v) is 4.65. The highest BCUT2D eigenvalue weighted by Crippen LogP contribution is 2.26. The molecule has 1 aromatic carbocycles. The van der Waals surface area contributed by atoms with Crippen LogP contribution >= 0.6 is 0 Å². The van der Waals surface area contributed by atoms with Crippen molar-refractivity contribution in [2.45, 2.75) is 33.6 Å². The zero-order valence-electron chi connectivity index (χ0n) is 16.5. The number of aryl methyl sites for hydroxylation is 2. The second kappa shape index (κ2) is 8.17. The van der Waals surface area contributed by atoms with E-state index in [1.165, 1.54) is 0 Å². The summed E-state index contributed by atoms with van der Waals surface area (Å²) in [6.07, 6.45) is 2.20. The fourth-order valence-electron chi connectivity index (χ4n) is 3.00. The lowest BCUT2D eigenvalue weighted by molar-refractivity contribution is -0.118. The van der Waals surface area contributed by atoms with Crippen molar-refractivity contribution >= 4 is 17.4 Å². The Morgan fingerprint density at radius 2 is 1.89 bits per heavy atom. The maximum Gasteiger partial charge on any atom is 0.226 e. The summed E-state index contributed by atoms with van der Waals surface area (Å²) in [4.78, 5) is 30.4. The predicted molar refractivity (Wildman–Crippen MR) is 107 cm³/mol. The molecule has 1 amide bonds. The summed E-state index contributed by atoms with van der Waals surface area (Å²) in [6.45, 7) is 5.64. The van der Waals surface area contributed by atoms with Gasteiger partial charge in [-0.3, -0.25) is 14.6 Å². The minimum absolute atomic E-state index is 0.0649. The number of carbonyl (C=O) groups excluding carboxylic acids is 2. The van der Waals surface area contributed by atoms with Crippen LogP contribution in [0.15, 0.2) is 47.1 Å². The van der Waals surface area contributed by atoms with Gasteiger partial charge < -0.3 is 9.42 Å². The largest absolute Gasteiger partial charge is 0.361 e. The quantitative estimate of drug-likeness (QED) is 0.603. The standard InChI is InChI=1S/C22H23N3O3/c1-5-22(27)25(4)17-7-8-19(14(2)10-17)20-9-6-16(13-23-20)21(26)12-18-11-15(3)24-28-18/h6-11,13H,5,12H2,1-4H3. The normalized spacial score (nSPS) is 10.7. The first-order chi connectivity index (χ1) is 13.4. The zero-order valence-corrected chi connectivity index (χ0v) is 16.5. The summed E-state index contributed by atoms with van der Waals surface area (Å²) >= 11 is 0. The molecule has 0 aliphatic rings. The first-order valence-corrected chi connectivity index (χ1v) is 9.18. The third kappa shape index (κ3) is 4.17. The second-order valence-electron chi connectivity index (χ2n) is 6.77. The molecule has 0 aliphatic carbocycles. The van der Waals surface area contributed by atoms with Gasteiger partial charge >= 0.3 is 0 Å². The molecule has 0 aliphatic heterocycles. The van der Waals surface area contributed by atoms with Crippen molar-refractivity contribution in [1.29, 1.82) is 0 Å². The number of rotatable bonds is 6. The molecule has 0 fully saturated rings. The molecule has 0 bridgehead atoms. The third-order valence-electron chi connectivity index (χ3n) is 4.65. The highest BCUT2D eigenvalue weighted by molar-refractivity contribution is 5.97. The Balaban J connectivity index is 1.77. The number of anilines is 1. The summed E-state index contributed by atoms with van der Waals surface area (Å²) in [6, 6.07) is 11.2. The summed E-state index contributed by atoms with van der Waals surface area (Å²) in [5.74, 6) is 0.542. The summed E-state index contributed by atoms with van der Waals surface area (Å²) in [5.41, 5.74) is 4.88. The van der Waals surface area contributed by atoms with Gasteiger partial charge in [-0.15, -0.1) is 0 Å². The Hall–Kier alpha value is -3.28. The fraction of sp³-hybridized carbons (Fsp3) is 0.273. The van der Waals surface area contributed by atoms with Crippen LogP contribution in [0.5, 0.6) is 0 Å². The molecular formula is C22H23N3O3. The average Bonchev–Trinajstić information content (AvgIpc) is 3.11. The number of amides is 1. The molecular weight excluding hydrogens is 354 g/mol. The van der Waals surface area contributed by atoms with Crippen LogP contribution in [0.25, 0.3) is 11.3 Å². The van der Waals surface area contributed by atoms with Crippen LogP contribution < -0.4 is 4.90 Å². The number of pyridine rings is 1. The van der Waals surface area contributed by atoms with Gasteiger partial charge in [0.05, 0.1) is 17.8 Å². The fourth-order valence-corrected chi connectivity index (χ4v) is 3.00. The first kappa shape index (κ1) is 19.5. The molecule has 6 nitrogen and oxygen atoms in total. The van der Waals surface area contributed by atoms with Crippen molar-refractivity contribution in [3.8, 4) is 11.3 Å². The molecule has 2 aromatic heterocycles. The Labute approximate surface area is 164 Å². The van der Waals surface area contributed by atoms with E-state index in [4.69, 9.17) is 4.52 Å². The van der Waals surface area contributed by atoms with Crippen LogP contribution in [0.1, 0.15) is 40.7 Å². The number of aromatic nitrogens is 2. The van der Waals surface area contributed by atoms with Crippen molar-refractivity contribution in [1.82, 2.24) is 10.1 Å². The Morgan fingerprint density at radius 1 is 1.11 bits per heavy atom. The summed E-state index contributed by atoms with van der Waals surface area (Å²) in [7, 11) is 1.77. The zero-order chi connectivity index (χ0) is 20.3. The molecule has 0 radical (unpaired) electrons. The van der Waals surface area contributed by atoms with Gasteiger partial charge in [0.15, 0.2) is 5.78 Å². The molecule has 0 unspecified atom stereocenters. The minimum atomic E-state index is -0.0676. The van der Waals surface area contributed by atoms with Gasteiger partial charge in [0.1, 0.15) is 5.76 Å². The van der Waals surface area contributed by atoms with E-state index in [9.17, 15) is 9.59 Å². The van der Waals surface area contributed by atoms with Crippen LogP contribution in [0, 0.1) is 13.8 Å². The Kier molecular flexibility index (Phi) is 5.68. The lowest BCUT2D eigenvalue weighted by atomic mass is 10.0. The summed E-state index contributed by atoms with van der Waals surface area (Å²) in [5, 5.41) is 3.80. The second-order valence-corrected chi connectivity index (χ2v) is 6.77. The van der Waals surface area contributed by atoms with Crippen molar-refractivity contribution < 1.29 is 14.1 Å². The maximum atomic E-state index is 12.4. The van der Waals surface area contributed by atoms with E-state index in [0.717, 1.165) is 28.2 Å². The Morgan fingerprint density at radius 3 is 2.46 bits per heavy atom. The number of benzene rings is 1. The molecule has 3 rings (SSSR count). The van der Waals surface area contributed by atoms with Gasteiger partial charge in [0.25, 0.3) is 0 Å². The van der Waals surface area contributed by atoms with Gasteiger partial charge in [-0.25, -0.2) is 0 Å². The number of carbonyl (C=O) groups is 2. The lowest BCUT2D eigenvalue weighted by Crippen LogP contribution is -2.25. The first-order valence-electron chi connectivity index (χ1n) is 9.18. The molecule has 0 N–H and O–H groups in total. The van der Waals surface area contributed by atoms with Gasteiger partial charge in [-0.1, -0.05) is 18.1 Å². The molecule has 2 heterocycles. The number of hydrogen-bond acceptors (Lipinski definition) is 5. The Bertz CT molecular complexity index is 1010. The molecule has 0 atom stereocenters. The molecule has 0 saturated heterocycles. The lowest BCUT2D eigenvalue weighted by Gasteiger charge is -2.18. The van der Waals surface area contributed by atoms with E-state index >= 15 is 0 Å². The van der Waals surface area contributed by atoms with Crippen LogP contribution in [-0.2, 0) is 11.2 Å². The average molecular weight is 377 g/mol. The highest BCUT2D eigenvalue weighted by atomic mass is 16.5. The monoisotopic (exact) mass is 377 g/mol. The van der Waals surface area contributed by atoms with E-state index in [-0.39, 0.29) is 18.1 Å². The molecule has 3 aromatic rings. The summed E-state index contributed by atoms with van der Waals surface area (Å²) < 4.78 is 5.10. The van der Waals surface area contributed by atoms with Crippen LogP contribution in [0.4, 0.5) is 5.69 Å². The molecule has 144 valence electrons. The van der Waals surface area contributed by atoms with E-state index in [0.29, 0.717) is 17.7 Å². The van der Waals surface area contributed by atoms with Crippen molar-refractivity contribution in [2.24, 2.45) is 0 Å². The number of Topliss-reactive ketones (excluding diaryl/α,β-unsaturated/α-hetero) is 1. The van der Waals surface area contributed by atoms with Crippen LogP contribution in [-0.4, -0.2) is 28.9 Å². The van der Waals surface area contributed by atoms with Crippen LogP contribution in [0.3, 0.4) is 0 Å². The van der Waals surface area contributed by atoms with E-state index in [1.807, 2.05) is 45.0 Å². The number of ketones is 1. The SMILES string of the molecule is CCC(=O)N(C)c1ccc(-c2ccc(C(=O)Cc3cc(C)no3)cn2)c(C)c1. The van der Waals surface area contributed by atoms with Gasteiger partial charge in [-0.05, 0) is 43.7 Å². The molecule has 28 heavy (non-hydrogen) atoms. The maximum absolute atomic E-state index is 12.4. The molecule has 0 saturated carbocycles. The number of nitrogens with zero attached hydrogens (tertiary/aromatic N) is 3. The molecule has 6 heteroatoms. The van der Waals surface area contributed by atoms with Crippen molar-refractivity contribution in [3.63, 3.8) is 0 Å². The van der Waals surface area contributed by atoms with Crippen LogP contribution in [0.2, 0.25) is 0 Å². The van der Waals surface area contributed by atoms with E-state index in [1.54, 1.807) is 30.3 Å². The van der Waals surface area contributed by atoms with Crippen molar-refractivity contribution in [2.75, 3.05) is 11.9 Å². The van der Waals surface area contributed by atoms with Gasteiger partial charge in [0.2, 0.25) is 5.91 Å². The topological polar surface area (TPSA) is 76.3 Å². The van der Waals surface area contributed by atoms with E-state index < -0.39 is 0 Å². The highest BCUT2D eigenvalue weighted by Gasteiger charge is 2.14. The molecule has 0 spiro atoms. The number of hydrogen-bond donors (Lipinski definition) is 0. The minimum Gasteiger partial charge on any atom is -0.361 e. The van der Waals surface area contributed by atoms with Gasteiger partial charge in [-0.2, -0.15) is 0 Å². The van der Waals surface area contributed by atoms with Gasteiger partial charge in [0, 0.05) is 42.5 Å². The van der Waals surface area contributed by atoms with Crippen molar-refractivity contribution in [3.05, 3.63) is 65.2 Å². The predicted octanol–water partition coefficient (Wildman–Crippen LogP) is 4.15.